The number of sulfone groups is 1. The molecular weight excluding hydrogens is 240 g/mol. The molecule has 0 spiro atoms. The topological polar surface area (TPSA) is 66.5 Å². The molecule has 0 rings (SSSR count). The summed E-state index contributed by atoms with van der Waals surface area (Å²) in [4.78, 5) is 13.3. The second kappa shape index (κ2) is 6.96. The fourth-order valence-electron chi connectivity index (χ4n) is 1.49. The average molecular weight is 264 g/mol. The van der Waals surface area contributed by atoms with E-state index in [0.717, 1.165) is 13.0 Å². The standard InChI is InChI=1S/C11H24N2O3S/c1-9(10(2)17(5,15)16)13(4)11(14)7-6-8-12-3/h9-10,12H,6-8H2,1-5H3. The summed E-state index contributed by atoms with van der Waals surface area (Å²) in [6, 6.07) is -0.299. The van der Waals surface area contributed by atoms with E-state index in [4.69, 9.17) is 0 Å². The van der Waals surface area contributed by atoms with Gasteiger partial charge in [-0.2, -0.15) is 0 Å². The van der Waals surface area contributed by atoms with Crippen LogP contribution in [0.1, 0.15) is 26.7 Å². The van der Waals surface area contributed by atoms with Crippen LogP contribution in [0.15, 0.2) is 0 Å². The molecule has 6 heteroatoms. The van der Waals surface area contributed by atoms with Gasteiger partial charge in [0, 0.05) is 25.8 Å². The molecule has 2 atom stereocenters. The van der Waals surface area contributed by atoms with Gasteiger partial charge in [0.1, 0.15) is 0 Å². The maximum Gasteiger partial charge on any atom is 0.222 e. The molecule has 0 bridgehead atoms. The molecule has 0 aliphatic rings. The largest absolute Gasteiger partial charge is 0.342 e. The molecular formula is C11H24N2O3S. The lowest BCUT2D eigenvalue weighted by Crippen LogP contribution is -2.44. The minimum Gasteiger partial charge on any atom is -0.342 e. The summed E-state index contributed by atoms with van der Waals surface area (Å²) in [6.45, 7) is 4.19. The first-order valence-electron chi connectivity index (χ1n) is 5.81. The maximum absolute atomic E-state index is 11.8. The number of nitrogens with one attached hydrogen (secondary N) is 1. The fourth-order valence-corrected chi connectivity index (χ4v) is 2.39. The number of nitrogens with zero attached hydrogens (tertiary/aromatic N) is 1. The van der Waals surface area contributed by atoms with Gasteiger partial charge < -0.3 is 10.2 Å². The van der Waals surface area contributed by atoms with Gasteiger partial charge in [-0.05, 0) is 33.9 Å². The van der Waals surface area contributed by atoms with Crippen LogP contribution in [-0.4, -0.2) is 57.4 Å². The molecule has 0 fully saturated rings. The van der Waals surface area contributed by atoms with Crippen molar-refractivity contribution in [3.05, 3.63) is 0 Å². The lowest BCUT2D eigenvalue weighted by atomic mass is 10.2. The summed E-state index contributed by atoms with van der Waals surface area (Å²) in [5, 5.41) is 2.43. The Bertz CT molecular complexity index is 341. The third kappa shape index (κ3) is 5.50. The van der Waals surface area contributed by atoms with Crippen molar-refractivity contribution in [1.29, 1.82) is 0 Å². The number of carbonyl (C=O) groups is 1. The normalized spacial score (nSPS) is 15.4. The molecule has 0 heterocycles. The van der Waals surface area contributed by atoms with Crippen molar-refractivity contribution in [2.45, 2.75) is 38.0 Å². The molecule has 0 aromatic carbocycles. The van der Waals surface area contributed by atoms with Crippen molar-refractivity contribution in [2.75, 3.05) is 26.9 Å². The number of hydrogen-bond acceptors (Lipinski definition) is 4. The van der Waals surface area contributed by atoms with Crippen LogP contribution in [0.2, 0.25) is 0 Å². The predicted molar refractivity (Wildman–Crippen MR) is 69.7 cm³/mol. The van der Waals surface area contributed by atoms with Gasteiger partial charge in [0.2, 0.25) is 5.91 Å². The minimum atomic E-state index is -3.11. The number of carbonyl (C=O) groups excluding carboxylic acids is 1. The summed E-state index contributed by atoms with van der Waals surface area (Å²) in [5.74, 6) is -0.0109. The molecule has 0 saturated carbocycles. The summed E-state index contributed by atoms with van der Waals surface area (Å²) in [6.07, 6.45) is 2.41. The van der Waals surface area contributed by atoms with E-state index in [-0.39, 0.29) is 11.9 Å². The summed E-state index contributed by atoms with van der Waals surface area (Å²) in [5.41, 5.74) is 0. The van der Waals surface area contributed by atoms with Crippen LogP contribution in [0.5, 0.6) is 0 Å². The second-order valence-corrected chi connectivity index (χ2v) is 6.89. The molecule has 0 aromatic heterocycles. The first kappa shape index (κ1) is 16.4. The van der Waals surface area contributed by atoms with E-state index in [0.29, 0.717) is 6.42 Å². The highest BCUT2D eigenvalue weighted by atomic mass is 32.2. The van der Waals surface area contributed by atoms with E-state index >= 15 is 0 Å². The molecule has 5 nitrogen and oxygen atoms in total. The summed E-state index contributed by atoms with van der Waals surface area (Å²) in [7, 11) is 0.385. The lowest BCUT2D eigenvalue weighted by Gasteiger charge is -2.29. The van der Waals surface area contributed by atoms with Crippen molar-refractivity contribution in [2.24, 2.45) is 0 Å². The first-order valence-corrected chi connectivity index (χ1v) is 7.76. The van der Waals surface area contributed by atoms with Crippen molar-refractivity contribution in [3.8, 4) is 0 Å². The molecule has 102 valence electrons. The highest BCUT2D eigenvalue weighted by molar-refractivity contribution is 7.91. The van der Waals surface area contributed by atoms with Crippen molar-refractivity contribution in [3.63, 3.8) is 0 Å². The number of amides is 1. The van der Waals surface area contributed by atoms with E-state index in [1.807, 2.05) is 7.05 Å². The van der Waals surface area contributed by atoms with Crippen molar-refractivity contribution < 1.29 is 13.2 Å². The SMILES string of the molecule is CNCCCC(=O)N(C)C(C)C(C)S(C)(=O)=O. The zero-order valence-corrected chi connectivity index (χ0v) is 12.2. The maximum atomic E-state index is 11.8. The van der Waals surface area contributed by atoms with Crippen LogP contribution < -0.4 is 5.32 Å². The van der Waals surface area contributed by atoms with Gasteiger partial charge in [-0.15, -0.1) is 0 Å². The van der Waals surface area contributed by atoms with Crippen LogP contribution in [0.25, 0.3) is 0 Å². The van der Waals surface area contributed by atoms with Crippen LogP contribution >= 0.6 is 0 Å². The van der Waals surface area contributed by atoms with Gasteiger partial charge in [0.25, 0.3) is 0 Å². The summed E-state index contributed by atoms with van der Waals surface area (Å²) < 4.78 is 22.8. The highest BCUT2D eigenvalue weighted by Crippen LogP contribution is 2.11. The van der Waals surface area contributed by atoms with Gasteiger partial charge in [0.15, 0.2) is 9.84 Å². The quantitative estimate of drug-likeness (QED) is 0.670. The third-order valence-electron chi connectivity index (χ3n) is 3.18. The Morgan fingerprint density at radius 1 is 1.35 bits per heavy atom. The van der Waals surface area contributed by atoms with E-state index in [9.17, 15) is 13.2 Å². The van der Waals surface area contributed by atoms with Crippen LogP contribution in [0.4, 0.5) is 0 Å². The van der Waals surface area contributed by atoms with Crippen LogP contribution in [0.3, 0.4) is 0 Å². The molecule has 1 amide bonds. The van der Waals surface area contributed by atoms with Crippen molar-refractivity contribution in [1.82, 2.24) is 10.2 Å². The first-order chi connectivity index (χ1) is 7.71. The zero-order valence-electron chi connectivity index (χ0n) is 11.4. The van der Waals surface area contributed by atoms with Gasteiger partial charge in [0.05, 0.1) is 5.25 Å². The zero-order chi connectivity index (χ0) is 13.6. The molecule has 2 unspecified atom stereocenters. The smallest absolute Gasteiger partial charge is 0.222 e. The molecule has 0 aliphatic carbocycles. The van der Waals surface area contributed by atoms with Crippen LogP contribution in [-0.2, 0) is 14.6 Å². The third-order valence-corrected chi connectivity index (χ3v) is 4.92. The van der Waals surface area contributed by atoms with Crippen molar-refractivity contribution >= 4 is 15.7 Å². The molecule has 17 heavy (non-hydrogen) atoms. The van der Waals surface area contributed by atoms with E-state index in [1.54, 1.807) is 20.9 Å². The van der Waals surface area contributed by atoms with Crippen LogP contribution in [0, 0.1) is 0 Å². The van der Waals surface area contributed by atoms with Gasteiger partial charge in [-0.3, -0.25) is 4.79 Å². The summed E-state index contributed by atoms with van der Waals surface area (Å²) >= 11 is 0. The molecule has 0 aromatic rings. The van der Waals surface area contributed by atoms with Gasteiger partial charge in [-0.1, -0.05) is 0 Å². The molecule has 0 aliphatic heterocycles. The molecule has 1 N–H and O–H groups in total. The van der Waals surface area contributed by atoms with Gasteiger partial charge in [-0.25, -0.2) is 8.42 Å². The van der Waals surface area contributed by atoms with Gasteiger partial charge >= 0.3 is 0 Å². The highest BCUT2D eigenvalue weighted by Gasteiger charge is 2.27. The minimum absolute atomic E-state index is 0.0109. The molecule has 0 saturated heterocycles. The Balaban J connectivity index is 4.39. The Morgan fingerprint density at radius 2 is 1.88 bits per heavy atom. The van der Waals surface area contributed by atoms with E-state index in [1.165, 1.54) is 11.2 Å². The molecule has 0 radical (unpaired) electrons. The fraction of sp³-hybridized carbons (Fsp3) is 0.909. The lowest BCUT2D eigenvalue weighted by molar-refractivity contribution is -0.131. The van der Waals surface area contributed by atoms with E-state index in [2.05, 4.69) is 5.32 Å². The Kier molecular flexibility index (Phi) is 6.70. The average Bonchev–Trinajstić information content (AvgIpc) is 2.25. The Labute approximate surface area is 104 Å². The predicted octanol–water partition coefficient (Wildman–Crippen LogP) is 0.266. The number of rotatable bonds is 7. The monoisotopic (exact) mass is 264 g/mol. The second-order valence-electron chi connectivity index (χ2n) is 4.49. The Hall–Kier alpha value is -0.620. The van der Waals surface area contributed by atoms with E-state index < -0.39 is 15.1 Å². The Morgan fingerprint density at radius 3 is 2.29 bits per heavy atom. The number of hydrogen-bond donors (Lipinski definition) is 1.